The number of aryl methyl sites for hydroxylation is 1. The maximum Gasteiger partial charge on any atom is 0.416 e. The monoisotopic (exact) mass is 267 g/mol. The summed E-state index contributed by atoms with van der Waals surface area (Å²) in [6.07, 6.45) is -3.79. The molecule has 0 aliphatic rings. The van der Waals surface area contributed by atoms with E-state index in [4.69, 9.17) is 0 Å². The molecule has 1 N–H and O–H groups in total. The number of benzene rings is 1. The molecule has 0 fully saturated rings. The maximum absolute atomic E-state index is 12.4. The number of hydrogen-bond donors (Lipinski definition) is 1. The van der Waals surface area contributed by atoms with Crippen molar-refractivity contribution in [1.82, 2.24) is 4.98 Å². The molecule has 2 rings (SSSR count). The summed E-state index contributed by atoms with van der Waals surface area (Å²) in [6, 6.07) is 7.86. The molecule has 1 unspecified atom stereocenters. The van der Waals surface area contributed by atoms with Gasteiger partial charge < -0.3 is 5.11 Å². The van der Waals surface area contributed by atoms with Gasteiger partial charge in [-0.05, 0) is 36.2 Å². The average molecular weight is 267 g/mol. The summed E-state index contributed by atoms with van der Waals surface area (Å²) in [5.41, 5.74) is 0.999. The van der Waals surface area contributed by atoms with Crippen molar-refractivity contribution in [1.29, 1.82) is 0 Å². The first-order chi connectivity index (χ1) is 8.88. The molecule has 0 aliphatic heterocycles. The highest BCUT2D eigenvalue weighted by Crippen LogP contribution is 2.30. The molecule has 100 valence electrons. The quantitative estimate of drug-likeness (QED) is 0.903. The van der Waals surface area contributed by atoms with Gasteiger partial charge in [-0.3, -0.25) is 4.98 Å². The summed E-state index contributed by atoms with van der Waals surface area (Å²) >= 11 is 0. The standard InChI is InChI=1S/C14H12F3NO/c1-9-2-7-12(18-8-9)13(19)10-3-5-11(6-4-10)14(15,16)17/h2-8,13,19H,1H3. The SMILES string of the molecule is Cc1ccc(C(O)c2ccc(C(F)(F)F)cc2)nc1. The molecule has 1 aromatic carbocycles. The first-order valence-electron chi connectivity index (χ1n) is 5.66. The molecule has 0 spiro atoms. The lowest BCUT2D eigenvalue weighted by Crippen LogP contribution is -2.06. The largest absolute Gasteiger partial charge is 0.416 e. The second kappa shape index (κ2) is 5.01. The lowest BCUT2D eigenvalue weighted by Gasteiger charge is -2.12. The van der Waals surface area contributed by atoms with Gasteiger partial charge in [-0.2, -0.15) is 13.2 Å². The maximum atomic E-state index is 12.4. The molecule has 0 saturated heterocycles. The smallest absolute Gasteiger partial charge is 0.382 e. The van der Waals surface area contributed by atoms with Gasteiger partial charge >= 0.3 is 6.18 Å². The average Bonchev–Trinajstić information content (AvgIpc) is 2.38. The predicted molar refractivity (Wildman–Crippen MR) is 64.5 cm³/mol. The van der Waals surface area contributed by atoms with Crippen LogP contribution < -0.4 is 0 Å². The number of halogens is 3. The normalized spacial score (nSPS) is 13.3. The van der Waals surface area contributed by atoms with Crippen molar-refractivity contribution in [3.05, 3.63) is 65.0 Å². The Morgan fingerprint density at radius 3 is 2.16 bits per heavy atom. The fraction of sp³-hybridized carbons (Fsp3) is 0.214. The van der Waals surface area contributed by atoms with E-state index in [1.807, 2.05) is 6.92 Å². The van der Waals surface area contributed by atoms with Crippen molar-refractivity contribution in [2.24, 2.45) is 0 Å². The highest BCUT2D eigenvalue weighted by molar-refractivity contribution is 5.30. The zero-order valence-corrected chi connectivity index (χ0v) is 10.1. The molecule has 0 radical (unpaired) electrons. The zero-order chi connectivity index (χ0) is 14.0. The minimum absolute atomic E-state index is 0.379. The van der Waals surface area contributed by atoms with Crippen LogP contribution in [0.25, 0.3) is 0 Å². The van der Waals surface area contributed by atoms with Crippen molar-refractivity contribution in [3.63, 3.8) is 0 Å². The Labute approximate surface area is 108 Å². The van der Waals surface area contributed by atoms with Crippen molar-refractivity contribution in [3.8, 4) is 0 Å². The number of aliphatic hydroxyl groups excluding tert-OH is 1. The molecule has 0 amide bonds. The molecule has 5 heteroatoms. The van der Waals surface area contributed by atoms with E-state index in [-0.39, 0.29) is 0 Å². The lowest BCUT2D eigenvalue weighted by atomic mass is 10.0. The molecule has 0 saturated carbocycles. The van der Waals surface area contributed by atoms with E-state index >= 15 is 0 Å². The number of aliphatic hydroxyl groups is 1. The van der Waals surface area contributed by atoms with Gasteiger partial charge in [0.2, 0.25) is 0 Å². The number of nitrogens with zero attached hydrogens (tertiary/aromatic N) is 1. The van der Waals surface area contributed by atoms with Gasteiger partial charge in [0.15, 0.2) is 0 Å². The fourth-order valence-corrected chi connectivity index (χ4v) is 1.67. The molecular weight excluding hydrogens is 255 g/mol. The third-order valence-corrected chi connectivity index (χ3v) is 2.77. The summed E-state index contributed by atoms with van der Waals surface area (Å²) < 4.78 is 37.2. The lowest BCUT2D eigenvalue weighted by molar-refractivity contribution is -0.137. The molecular formula is C14H12F3NO. The highest BCUT2D eigenvalue weighted by Gasteiger charge is 2.30. The number of aromatic nitrogens is 1. The second-order valence-corrected chi connectivity index (χ2v) is 4.28. The Bertz CT molecular complexity index is 546. The third-order valence-electron chi connectivity index (χ3n) is 2.77. The van der Waals surface area contributed by atoms with E-state index in [0.29, 0.717) is 11.3 Å². The summed E-state index contributed by atoms with van der Waals surface area (Å²) in [7, 11) is 0. The van der Waals surface area contributed by atoms with Gasteiger partial charge in [0.1, 0.15) is 6.10 Å². The van der Waals surface area contributed by atoms with E-state index in [0.717, 1.165) is 17.7 Å². The van der Waals surface area contributed by atoms with E-state index < -0.39 is 17.8 Å². The predicted octanol–water partition coefficient (Wildman–Crippen LogP) is 3.49. The number of alkyl halides is 3. The molecule has 19 heavy (non-hydrogen) atoms. The third kappa shape index (κ3) is 3.12. The minimum Gasteiger partial charge on any atom is -0.382 e. The topological polar surface area (TPSA) is 33.1 Å². The van der Waals surface area contributed by atoms with Crippen LogP contribution in [0.4, 0.5) is 13.2 Å². The number of rotatable bonds is 2. The van der Waals surface area contributed by atoms with Crippen LogP contribution >= 0.6 is 0 Å². The number of pyridine rings is 1. The Morgan fingerprint density at radius 1 is 1.05 bits per heavy atom. The van der Waals surface area contributed by atoms with Crippen LogP contribution in [0.5, 0.6) is 0 Å². The Hall–Kier alpha value is -1.88. The molecule has 0 aliphatic carbocycles. The van der Waals surface area contributed by atoms with Gasteiger partial charge in [-0.1, -0.05) is 18.2 Å². The summed E-state index contributed by atoms with van der Waals surface area (Å²) in [6.45, 7) is 1.86. The Morgan fingerprint density at radius 2 is 1.68 bits per heavy atom. The van der Waals surface area contributed by atoms with E-state index in [9.17, 15) is 18.3 Å². The second-order valence-electron chi connectivity index (χ2n) is 4.28. The first kappa shape index (κ1) is 13.5. The van der Waals surface area contributed by atoms with Gasteiger partial charge in [0.05, 0.1) is 11.3 Å². The van der Waals surface area contributed by atoms with Crippen molar-refractivity contribution in [2.75, 3.05) is 0 Å². The van der Waals surface area contributed by atoms with Crippen LogP contribution in [0.2, 0.25) is 0 Å². The molecule has 1 heterocycles. The van der Waals surface area contributed by atoms with Gasteiger partial charge in [-0.15, -0.1) is 0 Å². The Kier molecular flexibility index (Phi) is 3.57. The van der Waals surface area contributed by atoms with Crippen molar-refractivity contribution in [2.45, 2.75) is 19.2 Å². The van der Waals surface area contributed by atoms with Crippen LogP contribution in [-0.2, 0) is 6.18 Å². The van der Waals surface area contributed by atoms with Crippen molar-refractivity contribution < 1.29 is 18.3 Å². The summed E-state index contributed by atoms with van der Waals surface area (Å²) in [5.74, 6) is 0. The van der Waals surface area contributed by atoms with Crippen LogP contribution in [-0.4, -0.2) is 10.1 Å². The summed E-state index contributed by atoms with van der Waals surface area (Å²) in [4.78, 5) is 4.05. The van der Waals surface area contributed by atoms with Crippen molar-refractivity contribution >= 4 is 0 Å². The van der Waals surface area contributed by atoms with Crippen LogP contribution in [0.1, 0.15) is 28.5 Å². The van der Waals surface area contributed by atoms with Crippen LogP contribution in [0.15, 0.2) is 42.6 Å². The van der Waals surface area contributed by atoms with Gasteiger partial charge in [0, 0.05) is 6.20 Å². The highest BCUT2D eigenvalue weighted by atomic mass is 19.4. The molecule has 0 bridgehead atoms. The molecule has 2 aromatic rings. The van der Waals surface area contributed by atoms with Gasteiger partial charge in [0.25, 0.3) is 0 Å². The fourth-order valence-electron chi connectivity index (χ4n) is 1.67. The van der Waals surface area contributed by atoms with E-state index in [1.54, 1.807) is 18.3 Å². The van der Waals surface area contributed by atoms with Gasteiger partial charge in [-0.25, -0.2) is 0 Å². The van der Waals surface area contributed by atoms with Crippen LogP contribution in [0, 0.1) is 6.92 Å². The molecule has 2 nitrogen and oxygen atoms in total. The molecule has 1 atom stereocenters. The Balaban J connectivity index is 2.25. The van der Waals surface area contributed by atoms with E-state index in [1.165, 1.54) is 12.1 Å². The van der Waals surface area contributed by atoms with Crippen LogP contribution in [0.3, 0.4) is 0 Å². The number of hydrogen-bond acceptors (Lipinski definition) is 2. The minimum atomic E-state index is -4.37. The van der Waals surface area contributed by atoms with E-state index in [2.05, 4.69) is 4.98 Å². The molecule has 1 aromatic heterocycles. The first-order valence-corrected chi connectivity index (χ1v) is 5.66. The zero-order valence-electron chi connectivity index (χ0n) is 10.1. The summed E-state index contributed by atoms with van der Waals surface area (Å²) in [5, 5.41) is 10.0.